The summed E-state index contributed by atoms with van der Waals surface area (Å²) in [6.07, 6.45) is 2.87. The minimum absolute atomic E-state index is 0.259. The number of nitrogens with zero attached hydrogens (tertiary/aromatic N) is 3. The van der Waals surface area contributed by atoms with Crippen molar-refractivity contribution in [3.05, 3.63) is 96.1 Å². The highest BCUT2D eigenvalue weighted by molar-refractivity contribution is 7.92. The van der Waals surface area contributed by atoms with Crippen molar-refractivity contribution in [2.24, 2.45) is 0 Å². The minimum Gasteiger partial charge on any atom is -0.497 e. The Balaban J connectivity index is 1.66. The van der Waals surface area contributed by atoms with E-state index in [0.717, 1.165) is 40.5 Å². The first kappa shape index (κ1) is 26.5. The molecule has 202 valence electrons. The lowest BCUT2D eigenvalue weighted by Gasteiger charge is -2.30. The van der Waals surface area contributed by atoms with Crippen molar-refractivity contribution < 1.29 is 17.9 Å². The van der Waals surface area contributed by atoms with Crippen LogP contribution < -0.4 is 24.4 Å². The van der Waals surface area contributed by atoms with E-state index in [2.05, 4.69) is 38.6 Å². The van der Waals surface area contributed by atoms with Gasteiger partial charge in [-0.05, 0) is 79.8 Å². The van der Waals surface area contributed by atoms with Crippen LogP contribution in [0.3, 0.4) is 0 Å². The lowest BCUT2D eigenvalue weighted by Crippen LogP contribution is -2.30. The molecule has 0 bridgehead atoms. The van der Waals surface area contributed by atoms with Gasteiger partial charge in [-0.25, -0.2) is 8.42 Å². The molecular formula is C28H29N5O4S2. The smallest absolute Gasteiger partial charge is 0.229 e. The SMILES string of the molecule is COc1ccc(-n2c(C)ccc2C2C(c3ccccn3)NC(=S)N2c2ccc(NS(C)(=O)=O)c(OC)c2)cc1. The van der Waals surface area contributed by atoms with E-state index in [0.29, 0.717) is 16.5 Å². The van der Waals surface area contributed by atoms with Crippen molar-refractivity contribution in [3.8, 4) is 17.2 Å². The Bertz CT molecular complexity index is 1600. The predicted octanol–water partition coefficient (Wildman–Crippen LogP) is 4.75. The van der Waals surface area contributed by atoms with Gasteiger partial charge in [-0.1, -0.05) is 6.07 Å². The summed E-state index contributed by atoms with van der Waals surface area (Å²) in [6, 6.07) is 22.6. The van der Waals surface area contributed by atoms with Gasteiger partial charge in [-0.2, -0.15) is 0 Å². The number of aromatic nitrogens is 2. The van der Waals surface area contributed by atoms with Gasteiger partial charge in [0.1, 0.15) is 17.5 Å². The number of nitrogens with one attached hydrogen (secondary N) is 2. The molecule has 2 unspecified atom stereocenters. The van der Waals surface area contributed by atoms with Gasteiger partial charge in [-0.15, -0.1) is 0 Å². The van der Waals surface area contributed by atoms with Gasteiger partial charge in [0.15, 0.2) is 5.11 Å². The van der Waals surface area contributed by atoms with Gasteiger partial charge in [0, 0.05) is 35.0 Å². The number of rotatable bonds is 8. The average molecular weight is 564 g/mol. The third-order valence-corrected chi connectivity index (χ3v) is 7.50. The molecule has 11 heteroatoms. The molecule has 2 aromatic carbocycles. The molecule has 0 spiro atoms. The standard InChI is InChI=1S/C28H29N5O4S2/c1-18-8-15-24(32(18)19-9-12-21(36-2)13-10-19)27-26(23-7-5-6-16-29-23)30-28(38)33(27)20-11-14-22(25(17-20)37-3)31-39(4,34)35/h5-17,26-27,31H,1-4H3,(H,30,38). The Morgan fingerprint density at radius 2 is 1.72 bits per heavy atom. The van der Waals surface area contributed by atoms with Crippen LogP contribution in [-0.2, 0) is 10.0 Å². The third kappa shape index (κ3) is 5.27. The molecule has 2 atom stereocenters. The molecule has 2 aromatic heterocycles. The lowest BCUT2D eigenvalue weighted by molar-refractivity contribution is 0.414. The van der Waals surface area contributed by atoms with Crippen LogP contribution in [0.1, 0.15) is 29.2 Å². The van der Waals surface area contributed by atoms with Crippen LogP contribution in [-0.4, -0.2) is 43.6 Å². The topological polar surface area (TPSA) is 97.7 Å². The Labute approximate surface area is 233 Å². The molecule has 1 fully saturated rings. The molecule has 4 aromatic rings. The van der Waals surface area contributed by atoms with E-state index in [1.807, 2.05) is 53.4 Å². The van der Waals surface area contributed by atoms with Crippen LogP contribution in [0.4, 0.5) is 11.4 Å². The van der Waals surface area contributed by atoms with E-state index >= 15 is 0 Å². The molecule has 2 N–H and O–H groups in total. The highest BCUT2D eigenvalue weighted by Crippen LogP contribution is 2.44. The molecule has 0 amide bonds. The number of hydrogen-bond acceptors (Lipinski definition) is 6. The predicted molar refractivity (Wildman–Crippen MR) is 156 cm³/mol. The lowest BCUT2D eigenvalue weighted by atomic mass is 10.0. The average Bonchev–Trinajstić information content (AvgIpc) is 3.47. The van der Waals surface area contributed by atoms with Crippen molar-refractivity contribution >= 4 is 38.7 Å². The van der Waals surface area contributed by atoms with Crippen molar-refractivity contribution in [1.82, 2.24) is 14.9 Å². The van der Waals surface area contributed by atoms with E-state index in [4.69, 9.17) is 21.7 Å². The summed E-state index contributed by atoms with van der Waals surface area (Å²) in [5, 5.41) is 3.99. The van der Waals surface area contributed by atoms with Gasteiger partial charge >= 0.3 is 0 Å². The molecule has 0 aliphatic carbocycles. The summed E-state index contributed by atoms with van der Waals surface area (Å²) < 4.78 is 39.4. The molecule has 1 aliphatic heterocycles. The van der Waals surface area contributed by atoms with Crippen LogP contribution in [0.5, 0.6) is 11.5 Å². The van der Waals surface area contributed by atoms with Crippen molar-refractivity contribution in [2.75, 3.05) is 30.1 Å². The van der Waals surface area contributed by atoms with Gasteiger partial charge in [-0.3, -0.25) is 9.71 Å². The van der Waals surface area contributed by atoms with Gasteiger partial charge in [0.25, 0.3) is 0 Å². The summed E-state index contributed by atoms with van der Waals surface area (Å²) >= 11 is 5.89. The van der Waals surface area contributed by atoms with Crippen molar-refractivity contribution in [2.45, 2.75) is 19.0 Å². The van der Waals surface area contributed by atoms with Crippen LogP contribution in [0.15, 0.2) is 79.0 Å². The number of hydrogen-bond donors (Lipinski definition) is 2. The number of thiocarbonyl (C=S) groups is 1. The van der Waals surface area contributed by atoms with E-state index in [-0.39, 0.29) is 12.1 Å². The number of aryl methyl sites for hydroxylation is 1. The fourth-order valence-electron chi connectivity index (χ4n) is 4.92. The normalized spacial score (nSPS) is 17.1. The Hall–Kier alpha value is -4.09. The molecule has 3 heterocycles. The number of ether oxygens (including phenoxy) is 2. The third-order valence-electron chi connectivity index (χ3n) is 6.60. The largest absolute Gasteiger partial charge is 0.497 e. The van der Waals surface area contributed by atoms with Gasteiger partial charge < -0.3 is 24.3 Å². The second-order valence-corrected chi connectivity index (χ2v) is 11.3. The van der Waals surface area contributed by atoms with Crippen LogP contribution in [0.25, 0.3) is 5.69 Å². The maximum Gasteiger partial charge on any atom is 0.229 e. The monoisotopic (exact) mass is 563 g/mol. The Morgan fingerprint density at radius 1 is 0.974 bits per heavy atom. The Morgan fingerprint density at radius 3 is 2.36 bits per heavy atom. The summed E-state index contributed by atoms with van der Waals surface area (Å²) in [5.41, 5.74) is 4.96. The first-order valence-corrected chi connectivity index (χ1v) is 14.5. The highest BCUT2D eigenvalue weighted by Gasteiger charge is 2.42. The molecule has 0 saturated carbocycles. The first-order valence-electron chi connectivity index (χ1n) is 12.2. The van der Waals surface area contributed by atoms with E-state index in [9.17, 15) is 8.42 Å². The summed E-state index contributed by atoms with van der Waals surface area (Å²) in [7, 11) is -0.347. The number of pyridine rings is 1. The fraction of sp³-hybridized carbons (Fsp3) is 0.214. The molecule has 1 aliphatic rings. The van der Waals surface area contributed by atoms with Crippen molar-refractivity contribution in [1.29, 1.82) is 0 Å². The van der Waals surface area contributed by atoms with Crippen LogP contribution >= 0.6 is 12.2 Å². The van der Waals surface area contributed by atoms with E-state index in [1.165, 1.54) is 7.11 Å². The quantitative estimate of drug-likeness (QED) is 0.297. The zero-order valence-corrected chi connectivity index (χ0v) is 23.6. The van der Waals surface area contributed by atoms with Crippen LogP contribution in [0, 0.1) is 6.92 Å². The molecule has 0 radical (unpaired) electrons. The van der Waals surface area contributed by atoms with Gasteiger partial charge in [0.05, 0.1) is 37.9 Å². The number of anilines is 2. The number of sulfonamides is 1. The number of benzene rings is 2. The zero-order valence-electron chi connectivity index (χ0n) is 22.0. The molecular weight excluding hydrogens is 534 g/mol. The van der Waals surface area contributed by atoms with Gasteiger partial charge in [0.2, 0.25) is 10.0 Å². The summed E-state index contributed by atoms with van der Waals surface area (Å²) in [6.45, 7) is 2.06. The first-order chi connectivity index (χ1) is 18.7. The maximum atomic E-state index is 11.9. The molecule has 9 nitrogen and oxygen atoms in total. The molecule has 1 saturated heterocycles. The highest BCUT2D eigenvalue weighted by atomic mass is 32.2. The van der Waals surface area contributed by atoms with Crippen LogP contribution in [0.2, 0.25) is 0 Å². The van der Waals surface area contributed by atoms with E-state index < -0.39 is 10.0 Å². The fourth-order valence-corrected chi connectivity index (χ4v) is 5.83. The van der Waals surface area contributed by atoms with E-state index in [1.54, 1.807) is 25.4 Å². The maximum absolute atomic E-state index is 11.9. The second kappa shape index (κ2) is 10.6. The Kier molecular flexibility index (Phi) is 7.19. The zero-order chi connectivity index (χ0) is 27.7. The van der Waals surface area contributed by atoms with Crippen molar-refractivity contribution in [3.63, 3.8) is 0 Å². The molecule has 39 heavy (non-hydrogen) atoms. The number of methoxy groups -OCH3 is 2. The minimum atomic E-state index is -3.49. The summed E-state index contributed by atoms with van der Waals surface area (Å²) in [4.78, 5) is 6.67. The molecule has 5 rings (SSSR count). The summed E-state index contributed by atoms with van der Waals surface area (Å²) in [5.74, 6) is 1.15. The second-order valence-electron chi connectivity index (χ2n) is 9.19.